The number of halogens is 3. The molecule has 0 saturated carbocycles. The minimum Gasteiger partial charge on any atom is -0.478 e. The molecule has 0 aliphatic carbocycles. The van der Waals surface area contributed by atoms with Gasteiger partial charge in [-0.3, -0.25) is 0 Å². The molecule has 4 nitrogen and oxygen atoms in total. The third kappa shape index (κ3) is 1.61. The number of aliphatic hydroxyl groups is 1. The zero-order valence-electron chi connectivity index (χ0n) is 6.51. The number of carboxylic acid groups (broad SMARTS) is 1. The van der Waals surface area contributed by atoms with Crippen LogP contribution in [0.15, 0.2) is 0 Å². The van der Waals surface area contributed by atoms with Gasteiger partial charge in [-0.05, 0) is 6.42 Å². The Labute approximate surface area is 71.6 Å². The third-order valence-electron chi connectivity index (χ3n) is 2.00. The van der Waals surface area contributed by atoms with E-state index < -0.39 is 31.0 Å². The van der Waals surface area contributed by atoms with E-state index >= 15 is 0 Å². The standard InChI is InChI=1S/C6H8F3NO3/c7-6(8,9)10-3-1-2-5(10,13)4(11)12/h13H,1-3H2,(H,11,12)/t5-/m1/s1. The number of aliphatic carboxylic acids is 1. The molecule has 0 spiro atoms. The Balaban J connectivity index is 2.93. The molecule has 1 heterocycles. The summed E-state index contributed by atoms with van der Waals surface area (Å²) >= 11 is 0. The van der Waals surface area contributed by atoms with Crippen molar-refractivity contribution in [2.75, 3.05) is 6.54 Å². The molecular formula is C6H8F3NO3. The summed E-state index contributed by atoms with van der Waals surface area (Å²) in [6.45, 7) is -0.480. The molecule has 1 atom stereocenters. The number of hydrogen-bond donors (Lipinski definition) is 2. The van der Waals surface area contributed by atoms with Crippen LogP contribution in [0, 0.1) is 0 Å². The topological polar surface area (TPSA) is 60.8 Å². The Kier molecular flexibility index (Phi) is 2.25. The van der Waals surface area contributed by atoms with Gasteiger partial charge in [-0.15, -0.1) is 0 Å². The number of hydrogen-bond acceptors (Lipinski definition) is 3. The van der Waals surface area contributed by atoms with Gasteiger partial charge in [0.2, 0.25) is 5.72 Å². The van der Waals surface area contributed by atoms with E-state index in [9.17, 15) is 23.1 Å². The van der Waals surface area contributed by atoms with E-state index in [1.165, 1.54) is 0 Å². The van der Waals surface area contributed by atoms with E-state index in [2.05, 4.69) is 0 Å². The second-order valence-electron chi connectivity index (χ2n) is 2.84. The normalized spacial score (nSPS) is 30.8. The predicted molar refractivity (Wildman–Crippen MR) is 34.6 cm³/mol. The second kappa shape index (κ2) is 2.85. The van der Waals surface area contributed by atoms with E-state index in [1.807, 2.05) is 0 Å². The van der Waals surface area contributed by atoms with Crippen LogP contribution >= 0.6 is 0 Å². The fraction of sp³-hybridized carbons (Fsp3) is 0.833. The van der Waals surface area contributed by atoms with Gasteiger partial charge in [0.05, 0.1) is 0 Å². The number of nitrogens with zero attached hydrogens (tertiary/aromatic N) is 1. The molecule has 0 bridgehead atoms. The van der Waals surface area contributed by atoms with Gasteiger partial charge in [-0.25, -0.2) is 4.79 Å². The highest BCUT2D eigenvalue weighted by molar-refractivity contribution is 5.77. The lowest BCUT2D eigenvalue weighted by molar-refractivity contribution is -0.300. The molecule has 0 amide bonds. The zero-order chi connectivity index (χ0) is 10.3. The molecule has 7 heteroatoms. The molecule has 0 aromatic carbocycles. The van der Waals surface area contributed by atoms with Gasteiger partial charge in [0, 0.05) is 13.0 Å². The maximum absolute atomic E-state index is 12.1. The summed E-state index contributed by atoms with van der Waals surface area (Å²) < 4.78 is 36.4. The maximum Gasteiger partial charge on any atom is 0.462 e. The van der Waals surface area contributed by atoms with Crippen LogP contribution in [0.5, 0.6) is 0 Å². The van der Waals surface area contributed by atoms with Crippen molar-refractivity contribution >= 4 is 5.97 Å². The zero-order valence-corrected chi connectivity index (χ0v) is 6.51. The van der Waals surface area contributed by atoms with Gasteiger partial charge in [-0.2, -0.15) is 18.1 Å². The molecule has 2 N–H and O–H groups in total. The Morgan fingerprint density at radius 2 is 2.00 bits per heavy atom. The monoisotopic (exact) mass is 199 g/mol. The fourth-order valence-electron chi connectivity index (χ4n) is 1.36. The summed E-state index contributed by atoms with van der Waals surface area (Å²) in [5, 5.41) is 17.6. The lowest BCUT2D eigenvalue weighted by Gasteiger charge is -2.30. The molecule has 0 aromatic heterocycles. The first kappa shape index (κ1) is 10.3. The highest BCUT2D eigenvalue weighted by atomic mass is 19.4. The molecule has 1 fully saturated rings. The lowest BCUT2D eigenvalue weighted by Crippen LogP contribution is -2.56. The summed E-state index contributed by atoms with van der Waals surface area (Å²) in [5.74, 6) is -1.86. The average molecular weight is 199 g/mol. The first-order chi connectivity index (χ1) is 5.78. The van der Waals surface area contributed by atoms with Crippen LogP contribution in [0.25, 0.3) is 0 Å². The Morgan fingerprint density at radius 1 is 1.46 bits per heavy atom. The molecule has 13 heavy (non-hydrogen) atoms. The number of carbonyl (C=O) groups is 1. The van der Waals surface area contributed by atoms with Crippen LogP contribution in [-0.4, -0.2) is 39.7 Å². The van der Waals surface area contributed by atoms with Crippen molar-refractivity contribution in [2.24, 2.45) is 0 Å². The highest BCUT2D eigenvalue weighted by Crippen LogP contribution is 2.36. The smallest absolute Gasteiger partial charge is 0.462 e. The van der Waals surface area contributed by atoms with Crippen molar-refractivity contribution in [1.29, 1.82) is 0 Å². The van der Waals surface area contributed by atoms with Crippen molar-refractivity contribution in [3.05, 3.63) is 0 Å². The number of rotatable bonds is 1. The molecule has 1 saturated heterocycles. The Bertz CT molecular complexity index is 230. The molecule has 1 rings (SSSR count). The van der Waals surface area contributed by atoms with Crippen LogP contribution in [-0.2, 0) is 4.79 Å². The average Bonchev–Trinajstić information content (AvgIpc) is 2.31. The molecule has 0 unspecified atom stereocenters. The molecule has 1 aliphatic heterocycles. The minimum absolute atomic E-state index is 0.0162. The summed E-state index contributed by atoms with van der Waals surface area (Å²) in [6.07, 6.45) is -5.19. The largest absolute Gasteiger partial charge is 0.478 e. The fourth-order valence-corrected chi connectivity index (χ4v) is 1.36. The van der Waals surface area contributed by atoms with Gasteiger partial charge < -0.3 is 10.2 Å². The van der Waals surface area contributed by atoms with Crippen molar-refractivity contribution in [3.8, 4) is 0 Å². The van der Waals surface area contributed by atoms with Crippen molar-refractivity contribution in [2.45, 2.75) is 24.9 Å². The van der Waals surface area contributed by atoms with Crippen molar-refractivity contribution in [1.82, 2.24) is 4.90 Å². The third-order valence-corrected chi connectivity index (χ3v) is 2.00. The van der Waals surface area contributed by atoms with E-state index in [0.29, 0.717) is 0 Å². The van der Waals surface area contributed by atoms with Crippen LogP contribution < -0.4 is 0 Å². The van der Waals surface area contributed by atoms with Gasteiger partial charge in [0.1, 0.15) is 0 Å². The number of carboxylic acids is 1. The van der Waals surface area contributed by atoms with Crippen LogP contribution in [0.4, 0.5) is 13.2 Å². The second-order valence-corrected chi connectivity index (χ2v) is 2.84. The van der Waals surface area contributed by atoms with E-state index in [-0.39, 0.29) is 11.3 Å². The van der Waals surface area contributed by atoms with Crippen LogP contribution in [0.2, 0.25) is 0 Å². The first-order valence-electron chi connectivity index (χ1n) is 3.59. The van der Waals surface area contributed by atoms with Gasteiger partial charge in [0.25, 0.3) is 0 Å². The number of alkyl halides is 3. The minimum atomic E-state index is -4.80. The summed E-state index contributed by atoms with van der Waals surface area (Å²) in [4.78, 5) is 10.0. The SMILES string of the molecule is O=C(O)[C@]1(O)CCCN1C(F)(F)F. The van der Waals surface area contributed by atoms with Crippen LogP contribution in [0.1, 0.15) is 12.8 Å². The summed E-state index contributed by atoms with van der Waals surface area (Å²) in [7, 11) is 0. The lowest BCUT2D eigenvalue weighted by atomic mass is 10.1. The van der Waals surface area contributed by atoms with Crippen molar-refractivity contribution < 1.29 is 28.2 Å². The summed E-state index contributed by atoms with van der Waals surface area (Å²) in [5.41, 5.74) is -2.78. The van der Waals surface area contributed by atoms with E-state index in [0.717, 1.165) is 0 Å². The number of likely N-dealkylation sites (tertiary alicyclic amines) is 1. The Hall–Kier alpha value is -0.820. The molecule has 0 radical (unpaired) electrons. The van der Waals surface area contributed by atoms with Crippen LogP contribution in [0.3, 0.4) is 0 Å². The Morgan fingerprint density at radius 3 is 2.31 bits per heavy atom. The molecule has 1 aliphatic rings. The van der Waals surface area contributed by atoms with Gasteiger partial charge >= 0.3 is 12.3 Å². The highest BCUT2D eigenvalue weighted by Gasteiger charge is 2.57. The van der Waals surface area contributed by atoms with E-state index in [4.69, 9.17) is 5.11 Å². The maximum atomic E-state index is 12.1. The van der Waals surface area contributed by atoms with Crippen molar-refractivity contribution in [3.63, 3.8) is 0 Å². The summed E-state index contributed by atoms with van der Waals surface area (Å²) in [6, 6.07) is 0. The molecule has 0 aromatic rings. The van der Waals surface area contributed by atoms with E-state index in [1.54, 1.807) is 0 Å². The predicted octanol–water partition coefficient (Wildman–Crippen LogP) is 0.375. The van der Waals surface area contributed by atoms with Gasteiger partial charge in [0.15, 0.2) is 0 Å². The quantitative estimate of drug-likeness (QED) is 0.599. The molecule has 76 valence electrons. The molecular weight excluding hydrogens is 191 g/mol. The first-order valence-corrected chi connectivity index (χ1v) is 3.59. The van der Waals surface area contributed by atoms with Gasteiger partial charge in [-0.1, -0.05) is 0 Å².